The summed E-state index contributed by atoms with van der Waals surface area (Å²) < 4.78 is 0. The van der Waals surface area contributed by atoms with Crippen LogP contribution in [0.15, 0.2) is 54.6 Å². The zero-order valence-electron chi connectivity index (χ0n) is 12.8. The third-order valence-electron chi connectivity index (χ3n) is 3.77. The van der Waals surface area contributed by atoms with E-state index in [9.17, 15) is 0 Å². The number of nitrogens with one attached hydrogen (secondary N) is 1. The molecule has 0 unspecified atom stereocenters. The fourth-order valence-electron chi connectivity index (χ4n) is 2.21. The number of benzene rings is 2. The van der Waals surface area contributed by atoms with Gasteiger partial charge in [-0.15, -0.1) is 0 Å². The van der Waals surface area contributed by atoms with Crippen LogP contribution in [0.25, 0.3) is 0 Å². The van der Waals surface area contributed by atoms with E-state index in [0.717, 1.165) is 17.2 Å². The van der Waals surface area contributed by atoms with Gasteiger partial charge < -0.3 is 10.2 Å². The van der Waals surface area contributed by atoms with E-state index in [-0.39, 0.29) is 6.04 Å². The van der Waals surface area contributed by atoms with Crippen LogP contribution in [0, 0.1) is 0 Å². The minimum absolute atomic E-state index is 0.237. The van der Waals surface area contributed by atoms with Crippen LogP contribution in [-0.2, 0) is 6.42 Å². The predicted octanol–water partition coefficient (Wildman–Crippen LogP) is 4.64. The maximum atomic E-state index is 5.53. The monoisotopic (exact) mass is 298 g/mol. The molecule has 0 radical (unpaired) electrons. The molecular formula is C18H22N2S. The Bertz CT molecular complexity index is 595. The van der Waals surface area contributed by atoms with Gasteiger partial charge in [0, 0.05) is 12.7 Å². The van der Waals surface area contributed by atoms with Crippen molar-refractivity contribution in [2.75, 3.05) is 12.4 Å². The van der Waals surface area contributed by atoms with E-state index in [1.807, 2.05) is 19.2 Å². The normalized spacial score (nSPS) is 11.8. The summed E-state index contributed by atoms with van der Waals surface area (Å²) in [6.45, 7) is 4.31. The molecule has 2 aromatic rings. The molecule has 2 nitrogen and oxygen atoms in total. The fourth-order valence-corrected chi connectivity index (χ4v) is 2.49. The summed E-state index contributed by atoms with van der Waals surface area (Å²) in [7, 11) is 2.02. The van der Waals surface area contributed by atoms with Crippen LogP contribution in [0.5, 0.6) is 0 Å². The van der Waals surface area contributed by atoms with E-state index >= 15 is 0 Å². The standard InChI is InChI=1S/C18H22N2S/c1-4-15-9-8-12-17(13-15)19-18(21)20(3)14(2)16-10-6-5-7-11-16/h5-14H,4H2,1-3H3,(H,19,21)/t14-/m1/s1. The molecule has 110 valence electrons. The molecule has 0 bridgehead atoms. The summed E-state index contributed by atoms with van der Waals surface area (Å²) >= 11 is 5.53. The van der Waals surface area contributed by atoms with E-state index in [1.165, 1.54) is 11.1 Å². The summed E-state index contributed by atoms with van der Waals surface area (Å²) in [6.07, 6.45) is 1.03. The number of hydrogen-bond donors (Lipinski definition) is 1. The van der Waals surface area contributed by atoms with Crippen LogP contribution in [0.4, 0.5) is 5.69 Å². The first kappa shape index (κ1) is 15.5. The molecule has 2 rings (SSSR count). The first-order valence-electron chi connectivity index (χ1n) is 7.29. The van der Waals surface area contributed by atoms with E-state index in [4.69, 9.17) is 12.2 Å². The van der Waals surface area contributed by atoms with Crippen LogP contribution >= 0.6 is 12.2 Å². The predicted molar refractivity (Wildman–Crippen MR) is 94.7 cm³/mol. The number of aryl methyl sites for hydroxylation is 1. The van der Waals surface area contributed by atoms with Gasteiger partial charge in [0.1, 0.15) is 0 Å². The van der Waals surface area contributed by atoms with Crippen LogP contribution in [0.3, 0.4) is 0 Å². The van der Waals surface area contributed by atoms with Crippen molar-refractivity contribution in [1.82, 2.24) is 4.90 Å². The lowest BCUT2D eigenvalue weighted by molar-refractivity contribution is 0.408. The molecule has 3 heteroatoms. The lowest BCUT2D eigenvalue weighted by Crippen LogP contribution is -2.33. The molecule has 0 aliphatic rings. The molecular weight excluding hydrogens is 276 g/mol. The van der Waals surface area contributed by atoms with Crippen LogP contribution in [-0.4, -0.2) is 17.1 Å². The highest BCUT2D eigenvalue weighted by Crippen LogP contribution is 2.20. The molecule has 0 heterocycles. The van der Waals surface area contributed by atoms with Crippen molar-refractivity contribution in [3.63, 3.8) is 0 Å². The molecule has 21 heavy (non-hydrogen) atoms. The first-order valence-corrected chi connectivity index (χ1v) is 7.70. The van der Waals surface area contributed by atoms with Crippen molar-refractivity contribution in [3.05, 3.63) is 65.7 Å². The first-order chi connectivity index (χ1) is 10.1. The highest BCUT2D eigenvalue weighted by atomic mass is 32.1. The Morgan fingerprint density at radius 1 is 1.14 bits per heavy atom. The maximum Gasteiger partial charge on any atom is 0.173 e. The van der Waals surface area contributed by atoms with Gasteiger partial charge in [0.05, 0.1) is 6.04 Å². The number of rotatable bonds is 4. The summed E-state index contributed by atoms with van der Waals surface area (Å²) in [5.74, 6) is 0. The lowest BCUT2D eigenvalue weighted by Gasteiger charge is -2.28. The largest absolute Gasteiger partial charge is 0.345 e. The van der Waals surface area contributed by atoms with Crippen molar-refractivity contribution in [1.29, 1.82) is 0 Å². The van der Waals surface area contributed by atoms with Gasteiger partial charge in [-0.2, -0.15) is 0 Å². The minimum atomic E-state index is 0.237. The van der Waals surface area contributed by atoms with Gasteiger partial charge in [0.15, 0.2) is 5.11 Å². The molecule has 2 aromatic carbocycles. The topological polar surface area (TPSA) is 15.3 Å². The van der Waals surface area contributed by atoms with Crippen LogP contribution in [0.1, 0.15) is 31.0 Å². The van der Waals surface area contributed by atoms with Crippen molar-refractivity contribution in [2.24, 2.45) is 0 Å². The number of hydrogen-bond acceptors (Lipinski definition) is 1. The Balaban J connectivity index is 2.05. The average Bonchev–Trinajstić information content (AvgIpc) is 2.54. The van der Waals surface area contributed by atoms with Gasteiger partial charge in [-0.3, -0.25) is 0 Å². The molecule has 1 atom stereocenters. The molecule has 0 saturated heterocycles. The smallest absolute Gasteiger partial charge is 0.173 e. The Morgan fingerprint density at radius 2 is 1.86 bits per heavy atom. The molecule has 1 N–H and O–H groups in total. The fraction of sp³-hybridized carbons (Fsp3) is 0.278. The van der Waals surface area contributed by atoms with Crippen LogP contribution in [0.2, 0.25) is 0 Å². The second-order valence-electron chi connectivity index (χ2n) is 5.18. The van der Waals surface area contributed by atoms with Crippen molar-refractivity contribution in [2.45, 2.75) is 26.3 Å². The Kier molecular flexibility index (Phi) is 5.34. The highest BCUT2D eigenvalue weighted by Gasteiger charge is 2.14. The SMILES string of the molecule is CCc1cccc(NC(=S)N(C)[C@H](C)c2ccccc2)c1. The van der Waals surface area contributed by atoms with Gasteiger partial charge in [0.2, 0.25) is 0 Å². The van der Waals surface area contributed by atoms with Gasteiger partial charge in [-0.1, -0.05) is 49.4 Å². The maximum absolute atomic E-state index is 5.53. The Morgan fingerprint density at radius 3 is 2.52 bits per heavy atom. The molecule has 0 aliphatic heterocycles. The summed E-state index contributed by atoms with van der Waals surface area (Å²) in [5, 5.41) is 4.06. The van der Waals surface area contributed by atoms with E-state index in [2.05, 4.69) is 66.5 Å². The third kappa shape index (κ3) is 4.05. The average molecular weight is 298 g/mol. The van der Waals surface area contributed by atoms with Crippen LogP contribution < -0.4 is 5.32 Å². The molecule has 0 aromatic heterocycles. The van der Waals surface area contributed by atoms with Gasteiger partial charge in [-0.25, -0.2) is 0 Å². The zero-order valence-corrected chi connectivity index (χ0v) is 13.7. The number of thiocarbonyl (C=S) groups is 1. The number of nitrogens with zero attached hydrogens (tertiary/aromatic N) is 1. The summed E-state index contributed by atoms with van der Waals surface area (Å²) in [6, 6.07) is 19.0. The highest BCUT2D eigenvalue weighted by molar-refractivity contribution is 7.80. The van der Waals surface area contributed by atoms with Gasteiger partial charge in [0.25, 0.3) is 0 Å². The number of anilines is 1. The van der Waals surface area contributed by atoms with Crippen molar-refractivity contribution >= 4 is 23.0 Å². The molecule has 0 aliphatic carbocycles. The van der Waals surface area contributed by atoms with Crippen molar-refractivity contribution < 1.29 is 0 Å². The zero-order chi connectivity index (χ0) is 15.2. The van der Waals surface area contributed by atoms with E-state index in [0.29, 0.717) is 0 Å². The van der Waals surface area contributed by atoms with Gasteiger partial charge in [-0.05, 0) is 48.8 Å². The van der Waals surface area contributed by atoms with Gasteiger partial charge >= 0.3 is 0 Å². The lowest BCUT2D eigenvalue weighted by atomic mass is 10.1. The minimum Gasteiger partial charge on any atom is -0.345 e. The van der Waals surface area contributed by atoms with Crippen molar-refractivity contribution in [3.8, 4) is 0 Å². The molecule has 0 fully saturated rings. The molecule has 0 saturated carbocycles. The Hall–Kier alpha value is -1.87. The summed E-state index contributed by atoms with van der Waals surface area (Å²) in [5.41, 5.74) is 3.61. The second-order valence-corrected chi connectivity index (χ2v) is 5.57. The second kappa shape index (κ2) is 7.23. The van der Waals surface area contributed by atoms with E-state index < -0.39 is 0 Å². The van der Waals surface area contributed by atoms with E-state index in [1.54, 1.807) is 0 Å². The summed E-state index contributed by atoms with van der Waals surface area (Å²) in [4.78, 5) is 2.09. The quantitative estimate of drug-likeness (QED) is 0.828. The molecule has 0 spiro atoms. The molecule has 0 amide bonds. The third-order valence-corrected chi connectivity index (χ3v) is 4.16. The Labute approximate surface area is 132 Å².